The third-order valence-electron chi connectivity index (χ3n) is 2.78. The number of halogens is 1. The van der Waals surface area contributed by atoms with Gasteiger partial charge in [0, 0.05) is 19.7 Å². The second-order valence-corrected chi connectivity index (χ2v) is 5.52. The number of rotatable bonds is 7. The molecule has 0 amide bonds. The van der Waals surface area contributed by atoms with Crippen molar-refractivity contribution in [2.75, 3.05) is 27.4 Å². The summed E-state index contributed by atoms with van der Waals surface area (Å²) in [6.07, 6.45) is 0. The van der Waals surface area contributed by atoms with Crippen molar-refractivity contribution in [1.82, 2.24) is 10.6 Å². The van der Waals surface area contributed by atoms with Crippen LogP contribution in [0.2, 0.25) is 0 Å². The minimum Gasteiger partial charge on any atom is -0.496 e. The summed E-state index contributed by atoms with van der Waals surface area (Å²) in [7, 11) is 3.35. The highest BCUT2D eigenvalue weighted by Crippen LogP contribution is 2.25. The van der Waals surface area contributed by atoms with Gasteiger partial charge < -0.3 is 20.1 Å². The van der Waals surface area contributed by atoms with Gasteiger partial charge in [0.15, 0.2) is 5.96 Å². The Kier molecular flexibility index (Phi) is 8.15. The molecule has 1 rings (SSSR count). The number of nitrogens with one attached hydrogen (secondary N) is 2. The molecule has 0 spiro atoms. The standard InChI is InChI=1S/C15H24BrN3O2/c1-5-17-15(19-11(2)10-20-3)18-9-12-6-7-14(21-4)13(16)8-12/h6-8,11H,5,9-10H2,1-4H3,(H2,17,18,19). The van der Waals surface area contributed by atoms with Crippen LogP contribution >= 0.6 is 15.9 Å². The minimum atomic E-state index is 0.204. The smallest absolute Gasteiger partial charge is 0.191 e. The molecule has 0 aliphatic rings. The highest BCUT2D eigenvalue weighted by Gasteiger charge is 2.05. The first-order valence-electron chi connectivity index (χ1n) is 6.96. The number of nitrogens with zero attached hydrogens (tertiary/aromatic N) is 1. The van der Waals surface area contributed by atoms with Crippen molar-refractivity contribution in [3.05, 3.63) is 28.2 Å². The highest BCUT2D eigenvalue weighted by molar-refractivity contribution is 9.10. The van der Waals surface area contributed by atoms with Gasteiger partial charge in [0.1, 0.15) is 5.75 Å². The summed E-state index contributed by atoms with van der Waals surface area (Å²) in [5.41, 5.74) is 1.11. The number of aliphatic imine (C=N–C) groups is 1. The van der Waals surface area contributed by atoms with E-state index in [2.05, 4.69) is 38.5 Å². The maximum atomic E-state index is 5.22. The fourth-order valence-corrected chi connectivity index (χ4v) is 2.41. The number of benzene rings is 1. The number of methoxy groups -OCH3 is 2. The zero-order valence-corrected chi connectivity index (χ0v) is 14.7. The van der Waals surface area contributed by atoms with E-state index in [-0.39, 0.29) is 6.04 Å². The van der Waals surface area contributed by atoms with Crippen molar-refractivity contribution < 1.29 is 9.47 Å². The Hall–Kier alpha value is -1.27. The molecule has 1 aromatic rings. The van der Waals surface area contributed by atoms with E-state index in [0.29, 0.717) is 13.2 Å². The van der Waals surface area contributed by atoms with Crippen molar-refractivity contribution in [3.8, 4) is 5.75 Å². The molecule has 2 N–H and O–H groups in total. The molecular weight excluding hydrogens is 334 g/mol. The Morgan fingerprint density at radius 3 is 2.71 bits per heavy atom. The van der Waals surface area contributed by atoms with Crippen LogP contribution in [-0.4, -0.2) is 39.4 Å². The SMILES string of the molecule is CCNC(=NCc1ccc(OC)c(Br)c1)NC(C)COC. The molecule has 1 aromatic carbocycles. The summed E-state index contributed by atoms with van der Waals surface area (Å²) < 4.78 is 11.3. The van der Waals surface area contributed by atoms with Gasteiger partial charge >= 0.3 is 0 Å². The predicted octanol–water partition coefficient (Wildman–Crippen LogP) is 2.55. The zero-order chi connectivity index (χ0) is 15.7. The van der Waals surface area contributed by atoms with Crippen molar-refractivity contribution in [1.29, 1.82) is 0 Å². The molecule has 6 heteroatoms. The lowest BCUT2D eigenvalue weighted by molar-refractivity contribution is 0.179. The monoisotopic (exact) mass is 357 g/mol. The van der Waals surface area contributed by atoms with Gasteiger partial charge in [-0.1, -0.05) is 6.07 Å². The Bertz CT molecular complexity index is 466. The molecule has 0 saturated carbocycles. The number of hydrogen-bond acceptors (Lipinski definition) is 3. The normalized spacial score (nSPS) is 12.9. The van der Waals surface area contributed by atoms with Crippen molar-refractivity contribution in [3.63, 3.8) is 0 Å². The Morgan fingerprint density at radius 1 is 1.38 bits per heavy atom. The molecule has 0 aliphatic carbocycles. The average Bonchev–Trinajstić information content (AvgIpc) is 2.45. The third-order valence-corrected chi connectivity index (χ3v) is 3.40. The predicted molar refractivity (Wildman–Crippen MR) is 90.0 cm³/mol. The highest BCUT2D eigenvalue weighted by atomic mass is 79.9. The molecule has 1 unspecified atom stereocenters. The van der Waals surface area contributed by atoms with Gasteiger partial charge in [-0.2, -0.15) is 0 Å². The lowest BCUT2D eigenvalue weighted by atomic mass is 10.2. The van der Waals surface area contributed by atoms with Crippen LogP contribution in [0.1, 0.15) is 19.4 Å². The molecule has 0 radical (unpaired) electrons. The van der Waals surface area contributed by atoms with Gasteiger partial charge in [0.05, 0.1) is 24.7 Å². The van der Waals surface area contributed by atoms with Crippen LogP contribution in [0, 0.1) is 0 Å². The van der Waals surface area contributed by atoms with Crippen LogP contribution in [0.4, 0.5) is 0 Å². The molecule has 0 bridgehead atoms. The fourth-order valence-electron chi connectivity index (χ4n) is 1.82. The van der Waals surface area contributed by atoms with Gasteiger partial charge in [-0.05, 0) is 47.5 Å². The van der Waals surface area contributed by atoms with Gasteiger partial charge in [0.2, 0.25) is 0 Å². The van der Waals surface area contributed by atoms with Gasteiger partial charge in [-0.25, -0.2) is 4.99 Å². The molecular formula is C15H24BrN3O2. The first-order chi connectivity index (χ1) is 10.1. The van der Waals surface area contributed by atoms with Crippen LogP contribution in [0.3, 0.4) is 0 Å². The van der Waals surface area contributed by atoms with Crippen molar-refractivity contribution >= 4 is 21.9 Å². The molecule has 118 valence electrons. The summed E-state index contributed by atoms with van der Waals surface area (Å²) in [6.45, 7) is 6.15. The summed E-state index contributed by atoms with van der Waals surface area (Å²) in [6, 6.07) is 6.16. The van der Waals surface area contributed by atoms with E-state index in [9.17, 15) is 0 Å². The van der Waals surface area contributed by atoms with E-state index in [1.54, 1.807) is 14.2 Å². The summed E-state index contributed by atoms with van der Waals surface area (Å²) >= 11 is 3.48. The van der Waals surface area contributed by atoms with E-state index in [1.165, 1.54) is 0 Å². The fraction of sp³-hybridized carbons (Fsp3) is 0.533. The minimum absolute atomic E-state index is 0.204. The van der Waals surface area contributed by atoms with E-state index >= 15 is 0 Å². The molecule has 21 heavy (non-hydrogen) atoms. The topological polar surface area (TPSA) is 54.9 Å². The maximum Gasteiger partial charge on any atom is 0.191 e. The summed E-state index contributed by atoms with van der Waals surface area (Å²) in [5, 5.41) is 6.53. The maximum absolute atomic E-state index is 5.22. The first kappa shape index (κ1) is 17.8. The number of guanidine groups is 1. The van der Waals surface area contributed by atoms with E-state index < -0.39 is 0 Å². The summed E-state index contributed by atoms with van der Waals surface area (Å²) in [5.74, 6) is 1.61. The average molecular weight is 358 g/mol. The van der Waals surface area contributed by atoms with E-state index in [0.717, 1.165) is 28.3 Å². The molecule has 0 heterocycles. The van der Waals surface area contributed by atoms with Gasteiger partial charge in [0.25, 0.3) is 0 Å². The lowest BCUT2D eigenvalue weighted by Crippen LogP contribution is -2.43. The van der Waals surface area contributed by atoms with Crippen LogP contribution in [0.15, 0.2) is 27.7 Å². The van der Waals surface area contributed by atoms with Gasteiger partial charge in [-0.15, -0.1) is 0 Å². The molecule has 0 saturated heterocycles. The first-order valence-corrected chi connectivity index (χ1v) is 7.76. The number of hydrogen-bond donors (Lipinski definition) is 2. The van der Waals surface area contributed by atoms with Gasteiger partial charge in [-0.3, -0.25) is 0 Å². The zero-order valence-electron chi connectivity index (χ0n) is 13.1. The van der Waals surface area contributed by atoms with Crippen LogP contribution in [-0.2, 0) is 11.3 Å². The number of ether oxygens (including phenoxy) is 2. The van der Waals surface area contributed by atoms with E-state index in [1.807, 2.05) is 25.1 Å². The van der Waals surface area contributed by atoms with Crippen molar-refractivity contribution in [2.45, 2.75) is 26.4 Å². The van der Waals surface area contributed by atoms with E-state index in [4.69, 9.17) is 9.47 Å². The molecule has 0 aliphatic heterocycles. The van der Waals surface area contributed by atoms with Crippen LogP contribution in [0.25, 0.3) is 0 Å². The largest absolute Gasteiger partial charge is 0.496 e. The van der Waals surface area contributed by atoms with Crippen molar-refractivity contribution in [2.24, 2.45) is 4.99 Å². The third kappa shape index (κ3) is 6.35. The Balaban J connectivity index is 2.70. The quantitative estimate of drug-likeness (QED) is 0.581. The Morgan fingerprint density at radius 2 is 2.14 bits per heavy atom. The summed E-state index contributed by atoms with van der Waals surface area (Å²) in [4.78, 5) is 4.58. The molecule has 0 fully saturated rings. The second-order valence-electron chi connectivity index (χ2n) is 4.66. The Labute approximate surface area is 135 Å². The second kappa shape index (κ2) is 9.63. The molecule has 5 nitrogen and oxygen atoms in total. The van der Waals surface area contributed by atoms with Crippen LogP contribution in [0.5, 0.6) is 5.75 Å². The van der Waals surface area contributed by atoms with Crippen LogP contribution < -0.4 is 15.4 Å². The lowest BCUT2D eigenvalue weighted by Gasteiger charge is -2.17. The molecule has 0 aromatic heterocycles. The molecule has 1 atom stereocenters.